The number of hydrogen-bond acceptors (Lipinski definition) is 2. The minimum Gasteiger partial charge on any atom is -0.354 e. The van der Waals surface area contributed by atoms with Gasteiger partial charge in [0.25, 0.3) is 0 Å². The van der Waals surface area contributed by atoms with Crippen LogP contribution < -0.4 is 11.1 Å². The Hall–Kier alpha value is -1.35. The first-order chi connectivity index (χ1) is 7.78. The van der Waals surface area contributed by atoms with Gasteiger partial charge in [0, 0.05) is 12.1 Å². The van der Waals surface area contributed by atoms with E-state index < -0.39 is 0 Å². The molecular formula is C14H22N2O. The van der Waals surface area contributed by atoms with Crippen LogP contribution in [0.25, 0.3) is 0 Å². The molecule has 94 valence electrons. The normalized spacial score (nSPS) is 11.4. The summed E-state index contributed by atoms with van der Waals surface area (Å²) in [6.07, 6.45) is 0.420. The molecule has 0 heterocycles. The number of nitrogens with two attached hydrogens (primary N) is 1. The molecule has 0 radical (unpaired) electrons. The molecule has 0 aliphatic heterocycles. The molecule has 0 unspecified atom stereocenters. The lowest BCUT2D eigenvalue weighted by Crippen LogP contribution is -2.45. The van der Waals surface area contributed by atoms with Gasteiger partial charge in [-0.2, -0.15) is 0 Å². The highest BCUT2D eigenvalue weighted by Crippen LogP contribution is 2.11. The second kappa shape index (κ2) is 5.32. The minimum atomic E-state index is -0.364. The van der Waals surface area contributed by atoms with Crippen LogP contribution >= 0.6 is 0 Å². The Morgan fingerprint density at radius 3 is 2.59 bits per heavy atom. The van der Waals surface area contributed by atoms with E-state index in [0.717, 1.165) is 11.1 Å². The fourth-order valence-electron chi connectivity index (χ4n) is 1.55. The third-order valence-electron chi connectivity index (χ3n) is 2.60. The Labute approximate surface area is 103 Å². The minimum absolute atomic E-state index is 0.0252. The molecule has 1 amide bonds. The van der Waals surface area contributed by atoms with E-state index in [9.17, 15) is 4.79 Å². The number of amides is 1. The molecule has 0 bridgehead atoms. The largest absolute Gasteiger partial charge is 0.354 e. The predicted molar refractivity (Wildman–Crippen MR) is 70.9 cm³/mol. The molecule has 0 fully saturated rings. The van der Waals surface area contributed by atoms with Crippen LogP contribution in [0.1, 0.15) is 30.5 Å². The third-order valence-corrected chi connectivity index (χ3v) is 2.60. The maximum Gasteiger partial charge on any atom is 0.224 e. The Morgan fingerprint density at radius 1 is 1.35 bits per heavy atom. The zero-order chi connectivity index (χ0) is 13.1. The molecule has 0 saturated carbocycles. The van der Waals surface area contributed by atoms with Gasteiger partial charge in [-0.05, 0) is 38.8 Å². The summed E-state index contributed by atoms with van der Waals surface area (Å²) in [7, 11) is 0. The number of hydrogen-bond donors (Lipinski definition) is 2. The highest BCUT2D eigenvalue weighted by molar-refractivity contribution is 5.79. The van der Waals surface area contributed by atoms with Crippen molar-refractivity contribution < 1.29 is 4.79 Å². The molecule has 0 atom stereocenters. The monoisotopic (exact) mass is 234 g/mol. The van der Waals surface area contributed by atoms with Crippen molar-refractivity contribution in [2.45, 2.75) is 39.7 Å². The van der Waals surface area contributed by atoms with Crippen molar-refractivity contribution >= 4 is 5.91 Å². The van der Waals surface area contributed by atoms with Gasteiger partial charge in [0.1, 0.15) is 0 Å². The first-order valence-corrected chi connectivity index (χ1v) is 5.90. The zero-order valence-corrected chi connectivity index (χ0v) is 11.1. The van der Waals surface area contributed by atoms with Crippen LogP contribution in [0, 0.1) is 13.8 Å². The molecule has 0 saturated heterocycles. The van der Waals surface area contributed by atoms with E-state index in [0.29, 0.717) is 13.0 Å². The van der Waals surface area contributed by atoms with Crippen LogP contribution in [0.3, 0.4) is 0 Å². The van der Waals surface area contributed by atoms with Gasteiger partial charge >= 0.3 is 0 Å². The molecule has 3 N–H and O–H groups in total. The Kier molecular flexibility index (Phi) is 4.29. The van der Waals surface area contributed by atoms with E-state index >= 15 is 0 Å². The van der Waals surface area contributed by atoms with Gasteiger partial charge in [0.05, 0.1) is 6.42 Å². The molecule has 0 aromatic heterocycles. The average molecular weight is 234 g/mol. The zero-order valence-electron chi connectivity index (χ0n) is 11.1. The summed E-state index contributed by atoms with van der Waals surface area (Å²) in [5.41, 5.74) is 8.86. The van der Waals surface area contributed by atoms with Crippen molar-refractivity contribution in [1.29, 1.82) is 0 Å². The molecule has 1 aromatic rings. The molecule has 0 aliphatic rings. The lowest BCUT2D eigenvalue weighted by Gasteiger charge is -2.19. The van der Waals surface area contributed by atoms with Gasteiger partial charge in [-0.25, -0.2) is 0 Å². The molecule has 1 aromatic carbocycles. The molecule has 0 aliphatic carbocycles. The molecule has 1 rings (SSSR count). The van der Waals surface area contributed by atoms with E-state index in [1.165, 1.54) is 5.56 Å². The first kappa shape index (κ1) is 13.7. The summed E-state index contributed by atoms with van der Waals surface area (Å²) in [4.78, 5) is 11.8. The highest BCUT2D eigenvalue weighted by atomic mass is 16.1. The smallest absolute Gasteiger partial charge is 0.224 e. The number of rotatable bonds is 4. The maximum absolute atomic E-state index is 11.8. The number of carbonyl (C=O) groups excluding carboxylic acids is 1. The van der Waals surface area contributed by atoms with Crippen molar-refractivity contribution in [2.75, 3.05) is 6.54 Å². The average Bonchev–Trinajstić information content (AvgIpc) is 2.20. The van der Waals surface area contributed by atoms with Crippen LogP contribution in [-0.4, -0.2) is 18.0 Å². The molecule has 0 spiro atoms. The second-order valence-corrected chi connectivity index (χ2v) is 5.37. The predicted octanol–water partition coefficient (Wildman–Crippen LogP) is 1.70. The summed E-state index contributed by atoms with van der Waals surface area (Å²) in [5.74, 6) is 0.0252. The molecule has 3 nitrogen and oxygen atoms in total. The number of carbonyl (C=O) groups is 1. The summed E-state index contributed by atoms with van der Waals surface area (Å²) < 4.78 is 0. The van der Waals surface area contributed by atoms with Crippen molar-refractivity contribution in [3.8, 4) is 0 Å². The third kappa shape index (κ3) is 5.00. The van der Waals surface area contributed by atoms with Crippen LogP contribution in [-0.2, 0) is 11.2 Å². The van der Waals surface area contributed by atoms with E-state index in [4.69, 9.17) is 5.73 Å². The van der Waals surface area contributed by atoms with E-state index in [-0.39, 0.29) is 11.4 Å². The van der Waals surface area contributed by atoms with Crippen LogP contribution in [0.15, 0.2) is 18.2 Å². The van der Waals surface area contributed by atoms with Crippen LogP contribution in [0.4, 0.5) is 0 Å². The van der Waals surface area contributed by atoms with Crippen molar-refractivity contribution in [3.05, 3.63) is 34.9 Å². The summed E-state index contributed by atoms with van der Waals surface area (Å²) in [6.45, 7) is 8.34. The molecule has 17 heavy (non-hydrogen) atoms. The van der Waals surface area contributed by atoms with Gasteiger partial charge < -0.3 is 11.1 Å². The first-order valence-electron chi connectivity index (χ1n) is 5.90. The van der Waals surface area contributed by atoms with E-state index in [2.05, 4.69) is 17.4 Å². The van der Waals surface area contributed by atoms with Gasteiger partial charge in [-0.3, -0.25) is 4.79 Å². The van der Waals surface area contributed by atoms with Gasteiger partial charge in [0.15, 0.2) is 0 Å². The topological polar surface area (TPSA) is 55.1 Å². The second-order valence-electron chi connectivity index (χ2n) is 5.37. The van der Waals surface area contributed by atoms with E-state index in [1.807, 2.05) is 33.8 Å². The van der Waals surface area contributed by atoms with Crippen molar-refractivity contribution in [1.82, 2.24) is 5.32 Å². The maximum atomic E-state index is 11.8. The fraction of sp³-hybridized carbons (Fsp3) is 0.500. The van der Waals surface area contributed by atoms with Crippen LogP contribution in [0.5, 0.6) is 0 Å². The highest BCUT2D eigenvalue weighted by Gasteiger charge is 2.13. The summed E-state index contributed by atoms with van der Waals surface area (Å²) >= 11 is 0. The van der Waals surface area contributed by atoms with Crippen molar-refractivity contribution in [2.24, 2.45) is 5.73 Å². The van der Waals surface area contributed by atoms with Gasteiger partial charge in [-0.1, -0.05) is 23.8 Å². The number of benzene rings is 1. The van der Waals surface area contributed by atoms with Gasteiger partial charge in [0.2, 0.25) is 5.91 Å². The Balaban J connectivity index is 2.59. The lowest BCUT2D eigenvalue weighted by molar-refractivity contribution is -0.120. The molecule has 3 heteroatoms. The standard InChI is InChI=1S/C14H22N2O/c1-10-5-6-11(2)12(7-10)8-13(17)16-9-14(3,4)15/h5-7H,8-9,15H2,1-4H3,(H,16,17). The van der Waals surface area contributed by atoms with Crippen LogP contribution in [0.2, 0.25) is 0 Å². The van der Waals surface area contributed by atoms with Crippen molar-refractivity contribution in [3.63, 3.8) is 0 Å². The summed E-state index contributed by atoms with van der Waals surface area (Å²) in [6, 6.07) is 6.16. The molecular weight excluding hydrogens is 212 g/mol. The number of nitrogens with one attached hydrogen (secondary N) is 1. The number of aryl methyl sites for hydroxylation is 2. The Bertz CT molecular complexity index is 405. The fourth-order valence-corrected chi connectivity index (χ4v) is 1.55. The Morgan fingerprint density at radius 2 is 2.00 bits per heavy atom. The quantitative estimate of drug-likeness (QED) is 0.833. The summed E-state index contributed by atoms with van der Waals surface area (Å²) in [5, 5.41) is 2.85. The lowest BCUT2D eigenvalue weighted by atomic mass is 10.0. The SMILES string of the molecule is Cc1ccc(C)c(CC(=O)NCC(C)(C)N)c1. The van der Waals surface area contributed by atoms with Gasteiger partial charge in [-0.15, -0.1) is 0 Å². The van der Waals surface area contributed by atoms with E-state index in [1.54, 1.807) is 0 Å².